The van der Waals surface area contributed by atoms with Crippen LogP contribution in [-0.4, -0.2) is 250 Å². The van der Waals surface area contributed by atoms with Gasteiger partial charge in [-0.1, -0.05) is 147 Å². The Morgan fingerprint density at radius 3 is 1.91 bits per heavy atom. The summed E-state index contributed by atoms with van der Waals surface area (Å²) in [7, 11) is 1.95. The average molecular weight is 1940 g/mol. The number of piperidine rings is 1. The Labute approximate surface area is 813 Å². The molecule has 13 amide bonds. The number of nitrogens with one attached hydrogen (secondary N) is 10. The van der Waals surface area contributed by atoms with Crippen molar-refractivity contribution >= 4 is 112 Å². The van der Waals surface area contributed by atoms with E-state index >= 15 is 4.79 Å². The maximum Gasteiger partial charge on any atom is 0.407 e. The van der Waals surface area contributed by atoms with Gasteiger partial charge in [0, 0.05) is 98.3 Å². The van der Waals surface area contributed by atoms with Gasteiger partial charge in [-0.15, -0.1) is 11.3 Å². The van der Waals surface area contributed by atoms with Crippen LogP contribution in [0.1, 0.15) is 228 Å². The number of fused-ring (bicyclic) bond motifs is 2. The summed E-state index contributed by atoms with van der Waals surface area (Å²) in [5.41, 5.74) is 9.11. The number of amides is 13. The number of benzene rings is 4. The minimum Gasteiger partial charge on any atom is -0.481 e. The lowest BCUT2D eigenvalue weighted by Crippen LogP contribution is -2.59. The van der Waals surface area contributed by atoms with Crippen LogP contribution in [-0.2, 0) is 101 Å². The molecule has 38 heteroatoms. The first-order chi connectivity index (χ1) is 66.1. The van der Waals surface area contributed by atoms with E-state index in [0.717, 1.165) is 68.2 Å². The number of hydrogen-bond donors (Lipinski definition) is 13. The van der Waals surface area contributed by atoms with Crippen molar-refractivity contribution in [3.8, 4) is 11.8 Å². The first kappa shape index (κ1) is 113. The quantitative estimate of drug-likeness (QED) is 0.0127. The van der Waals surface area contributed by atoms with Gasteiger partial charge in [0.25, 0.3) is 5.91 Å². The Kier molecular flexibility index (Phi) is 49.1. The van der Waals surface area contributed by atoms with Gasteiger partial charge in [0.1, 0.15) is 54.1 Å². The number of alkyl carbamates (subject to hydrolysis) is 1. The molecule has 3 heterocycles. The molecule has 37 nitrogen and oxygen atoms in total. The third kappa shape index (κ3) is 39.5. The molecule has 1 fully saturated rings. The number of aliphatic carboxylic acids is 2. The highest BCUT2D eigenvalue weighted by Crippen LogP contribution is 2.34. The van der Waals surface area contributed by atoms with Crippen molar-refractivity contribution in [1.82, 2.24) is 57.3 Å². The molecule has 4 aromatic carbocycles. The van der Waals surface area contributed by atoms with E-state index < -0.39 is 120 Å². The molecule has 0 unspecified atom stereocenters. The van der Waals surface area contributed by atoms with Crippen molar-refractivity contribution < 1.29 is 106 Å². The van der Waals surface area contributed by atoms with Gasteiger partial charge in [0.05, 0.1) is 76.5 Å². The molecule has 14 N–H and O–H groups in total. The van der Waals surface area contributed by atoms with E-state index in [1.807, 2.05) is 81.2 Å². The second-order valence-electron chi connectivity index (χ2n) is 35.9. The fourth-order valence-corrected chi connectivity index (χ4v) is 16.6. The maximum atomic E-state index is 15.1. The number of thiazole rings is 1. The van der Waals surface area contributed by atoms with E-state index in [9.17, 15) is 72.5 Å². The Balaban J connectivity index is 0.816. The molecule has 5 aromatic rings. The van der Waals surface area contributed by atoms with Crippen LogP contribution >= 0.6 is 11.3 Å². The number of carboxylic acid groups (broad SMARTS) is 2. The van der Waals surface area contributed by atoms with Crippen molar-refractivity contribution in [3.05, 3.63) is 141 Å². The van der Waals surface area contributed by atoms with Gasteiger partial charge in [-0.3, -0.25) is 62.4 Å². The number of nitrogens with zero attached hydrogens (tertiary/aromatic N) is 4. The lowest BCUT2D eigenvalue weighted by Gasteiger charge is -2.40. The predicted octanol–water partition coefficient (Wildman–Crippen LogP) is 9.43. The van der Waals surface area contributed by atoms with Crippen LogP contribution < -0.4 is 63.8 Å². The monoisotopic (exact) mass is 1940 g/mol. The van der Waals surface area contributed by atoms with E-state index in [1.54, 1.807) is 74.4 Å². The number of carbonyl (C=O) groups is 14. The molecule has 756 valence electrons. The number of carboxylic acids is 2. The van der Waals surface area contributed by atoms with E-state index in [-0.39, 0.29) is 183 Å². The third-order valence-electron chi connectivity index (χ3n) is 23.8. The van der Waals surface area contributed by atoms with Crippen molar-refractivity contribution in [3.63, 3.8) is 0 Å². The number of carbonyl (C=O) groups excluding carboxylic acids is 12. The molecule has 0 saturated carbocycles. The minimum atomic E-state index is -1.40. The highest BCUT2D eigenvalue weighted by molar-refractivity contribution is 7.09. The fraction of sp³-hybridized carbons (Fsp3) is 0.570. The number of urea groups is 1. The molecule has 1 saturated heterocycles. The molecule has 2 aliphatic rings. The zero-order valence-electron chi connectivity index (χ0n) is 81.5. The number of rotatable bonds is 62. The molecule has 2 aliphatic heterocycles. The molecule has 0 spiro atoms. The summed E-state index contributed by atoms with van der Waals surface area (Å²) >= 11 is 1.26. The molecule has 7 rings (SSSR count). The van der Waals surface area contributed by atoms with Crippen LogP contribution in [0.3, 0.4) is 0 Å². The number of hydrogen-bond acceptors (Lipinski definition) is 23. The summed E-state index contributed by atoms with van der Waals surface area (Å²) < 4.78 is 34.0. The maximum absolute atomic E-state index is 15.1. The molecular formula is C100H143N15O22S. The normalized spacial score (nSPS) is 14.7. The average Bonchev–Trinajstić information content (AvgIpc) is 1.27. The SMILES string of the molecule is CCCCCCN(C(=O)[C@@H](NC(=O)[C@H]1CCCCN1C)[C@@H](C)CC)[C@H](C[C@@H](OCC)c1nc(C(=O)N[C@@H](Cc2ccc(NC(=O)CNC(=O)OCc3ccc(NC(=O)[C@H](CCCNC(N)=O)NC(=O)[C@@H](NC(=O)[C@H](CCC(=O)O)NC(=O)CCOCCOCCOCCOCCNC(=O)CCC(=O)N4Cc5ccccc5C#Cc5ccccc54)C(C)C)cc3)cc2)CC(C)(C)C(=O)O)cs1)C(C)C. The van der Waals surface area contributed by atoms with Gasteiger partial charge in [-0.05, 0) is 163 Å². The summed E-state index contributed by atoms with van der Waals surface area (Å²) in [5, 5.41) is 49.2. The number of aromatic nitrogens is 1. The highest BCUT2D eigenvalue weighted by Gasteiger charge is 2.40. The lowest BCUT2D eigenvalue weighted by molar-refractivity contribution is -0.147. The van der Waals surface area contributed by atoms with Crippen molar-refractivity contribution in [2.24, 2.45) is 28.9 Å². The van der Waals surface area contributed by atoms with Gasteiger partial charge in [-0.25, -0.2) is 14.6 Å². The second kappa shape index (κ2) is 60.0. The highest BCUT2D eigenvalue weighted by atomic mass is 32.1. The summed E-state index contributed by atoms with van der Waals surface area (Å²) in [6.07, 6.45) is 5.21. The van der Waals surface area contributed by atoms with Gasteiger partial charge in [0.15, 0.2) is 0 Å². The van der Waals surface area contributed by atoms with Crippen molar-refractivity contribution in [2.75, 3.05) is 115 Å². The number of likely N-dealkylation sites (tertiary alicyclic amines) is 1. The number of likely N-dealkylation sites (N-methyl/N-ethyl adjacent to an activating group) is 1. The molecule has 0 bridgehead atoms. The number of anilines is 3. The smallest absolute Gasteiger partial charge is 0.407 e. The largest absolute Gasteiger partial charge is 0.481 e. The van der Waals surface area contributed by atoms with Gasteiger partial charge < -0.3 is 107 Å². The lowest BCUT2D eigenvalue weighted by atomic mass is 9.84. The van der Waals surface area contributed by atoms with Crippen LogP contribution in [0.25, 0.3) is 0 Å². The first-order valence-corrected chi connectivity index (χ1v) is 48.8. The summed E-state index contributed by atoms with van der Waals surface area (Å²) in [4.78, 5) is 197. The minimum absolute atomic E-state index is 0.00227. The molecule has 1 aromatic heterocycles. The van der Waals surface area contributed by atoms with Gasteiger partial charge in [0.2, 0.25) is 53.2 Å². The van der Waals surface area contributed by atoms with Gasteiger partial charge in [-0.2, -0.15) is 0 Å². The molecule has 138 heavy (non-hydrogen) atoms. The van der Waals surface area contributed by atoms with Crippen molar-refractivity contribution in [1.29, 1.82) is 0 Å². The zero-order chi connectivity index (χ0) is 101. The van der Waals surface area contributed by atoms with Crippen LogP contribution in [0.5, 0.6) is 0 Å². The van der Waals surface area contributed by atoms with E-state index in [0.29, 0.717) is 60.0 Å². The van der Waals surface area contributed by atoms with E-state index in [4.69, 9.17) is 39.1 Å². The molecule has 9 atom stereocenters. The van der Waals surface area contributed by atoms with E-state index in [1.165, 1.54) is 23.5 Å². The first-order valence-electron chi connectivity index (χ1n) is 47.9. The van der Waals surface area contributed by atoms with Crippen LogP contribution in [0.4, 0.5) is 26.7 Å². The number of primary amides is 1. The Hall–Kier alpha value is -12.0. The number of ether oxygens (including phenoxy) is 6. The topological polar surface area (TPSA) is 504 Å². The van der Waals surface area contributed by atoms with Crippen LogP contribution in [0.15, 0.2) is 102 Å². The Morgan fingerprint density at radius 2 is 1.26 bits per heavy atom. The molecular weight excluding hydrogens is 1800 g/mol. The number of unbranched alkanes of at least 4 members (excludes halogenated alkanes) is 3. The Morgan fingerprint density at radius 1 is 0.616 bits per heavy atom. The number of nitrogens with two attached hydrogens (primary N) is 1. The fourth-order valence-electron chi connectivity index (χ4n) is 15.7. The van der Waals surface area contributed by atoms with Crippen molar-refractivity contribution in [2.45, 2.75) is 246 Å². The second-order valence-corrected chi connectivity index (χ2v) is 36.8. The summed E-state index contributed by atoms with van der Waals surface area (Å²) in [6.45, 7) is 21.5. The third-order valence-corrected chi connectivity index (χ3v) is 24.8. The van der Waals surface area contributed by atoms with E-state index in [2.05, 4.69) is 90.7 Å². The van der Waals surface area contributed by atoms with Crippen LogP contribution in [0, 0.1) is 35.0 Å². The Bertz CT molecular complexity index is 4850. The molecule has 0 aliphatic carbocycles. The summed E-state index contributed by atoms with van der Waals surface area (Å²) in [5.74, 6) is -1.60. The number of para-hydroxylation sites is 1. The standard InChI is InChI=1S/C100H143N15O22S/c1-12-15-16-22-49-114(96(127)89(67(8)13-2)112-93(125)80-30-21-23-48-113(80)11)81(65(4)5)59-82(136-14-3)95-110-78(64-138-95)92(124)107-75(60-100(9,10)97(128)129)58-68-31-37-73(38-32-68)105-85(118)61-104-99(131)137-63-69-33-39-74(40-34-69)106-90(122)76(28-24-46-103-98(101)130)109-94(126)88(66(6)7)111-91(123)77(41-44-87(120)121)108-84(117)45-50-132-52-54-134-56-57-135-55-53-133-51-47-102-83(116)42-43-86(119)115-62-72-27-18-17-25-70(72)35-36-71-26-19-20-29-79(71)115/h17-20,25-27,29,31-34,37-40,64-67,75-77,80-82,88-89H,12-16,21-24,28,30,41-63H2,1-11H3,(H,102,116)(H,104,131)(H,105,118)(H,106,122)(H,107,124)(H,108,117)(H,109,126)(H,111,123)(H,112,125)(H,120,121)(H,128,129)(H3,101,103,130)/t67-,75-,76-,77-,80+,81+,82+,88-,89-/m0/s1. The van der Waals surface area contributed by atoms with Crippen LogP contribution in [0.2, 0.25) is 0 Å². The molecule has 0 radical (unpaired) electrons. The van der Waals surface area contributed by atoms with Gasteiger partial charge >= 0.3 is 24.1 Å². The zero-order valence-corrected chi connectivity index (χ0v) is 82.4. The summed E-state index contributed by atoms with van der Waals surface area (Å²) in [6, 6.07) is 21.0. The predicted molar refractivity (Wildman–Crippen MR) is 521 cm³/mol.